The molecule has 0 spiro atoms. The summed E-state index contributed by atoms with van der Waals surface area (Å²) in [6, 6.07) is 1.53. The molecule has 0 saturated carbocycles. The first kappa shape index (κ1) is 8.25. The van der Waals surface area contributed by atoms with Gasteiger partial charge in [-0.25, -0.2) is 4.79 Å². The fourth-order valence-electron chi connectivity index (χ4n) is 0.654. The van der Waals surface area contributed by atoms with Crippen LogP contribution in [-0.2, 0) is 0 Å². The zero-order valence-corrected chi connectivity index (χ0v) is 7.45. The minimum atomic E-state index is -1.20. The number of carbonyl (C=O) groups is 1. The van der Waals surface area contributed by atoms with Crippen LogP contribution in [0.5, 0.6) is 0 Å². The Balaban J connectivity index is 3.45. The van der Waals surface area contributed by atoms with Gasteiger partial charge in [-0.2, -0.15) is 0 Å². The average molecular weight is 265 g/mol. The predicted molar refractivity (Wildman–Crippen MR) is 46.7 cm³/mol. The molecule has 1 heterocycles. The van der Waals surface area contributed by atoms with Crippen LogP contribution < -0.4 is 5.56 Å². The summed E-state index contributed by atoms with van der Waals surface area (Å²) in [5, 5.41) is 8.52. The second-order valence-corrected chi connectivity index (χ2v) is 3.00. The molecule has 0 atom stereocenters. The van der Waals surface area contributed by atoms with Crippen molar-refractivity contribution < 1.29 is 9.90 Å². The molecule has 0 fully saturated rings. The number of carboxylic acids is 1. The number of hydrogen-bond acceptors (Lipinski definition) is 2. The fraction of sp³-hybridized carbons (Fsp3) is 0. The van der Waals surface area contributed by atoms with E-state index in [2.05, 4.69) is 4.98 Å². The number of pyridine rings is 1. The second kappa shape index (κ2) is 3.04. The molecular formula is C6H4INO3. The van der Waals surface area contributed by atoms with Crippen molar-refractivity contribution in [2.24, 2.45) is 0 Å². The molecule has 0 saturated heterocycles. The molecule has 0 aliphatic carbocycles. The van der Waals surface area contributed by atoms with Crippen molar-refractivity contribution in [3.05, 3.63) is 31.8 Å². The average Bonchev–Trinajstić information content (AvgIpc) is 1.85. The van der Waals surface area contributed by atoms with Crippen molar-refractivity contribution in [2.45, 2.75) is 0 Å². The monoisotopic (exact) mass is 265 g/mol. The number of carboxylic acid groups (broad SMARTS) is 1. The van der Waals surface area contributed by atoms with Gasteiger partial charge < -0.3 is 10.1 Å². The smallest absolute Gasteiger partial charge is 0.342 e. The summed E-state index contributed by atoms with van der Waals surface area (Å²) in [6.45, 7) is 0. The highest BCUT2D eigenvalue weighted by atomic mass is 127. The quantitative estimate of drug-likeness (QED) is 0.733. The highest BCUT2D eigenvalue weighted by Crippen LogP contribution is 2.05. The summed E-state index contributed by atoms with van der Waals surface area (Å²) >= 11 is 1.80. The fourth-order valence-corrected chi connectivity index (χ4v) is 1.31. The van der Waals surface area contributed by atoms with Gasteiger partial charge >= 0.3 is 5.97 Å². The van der Waals surface area contributed by atoms with Crippen LogP contribution in [0.25, 0.3) is 0 Å². The first-order valence-corrected chi connectivity index (χ1v) is 3.81. The Morgan fingerprint density at radius 1 is 1.64 bits per heavy atom. The third-order valence-electron chi connectivity index (χ3n) is 1.12. The van der Waals surface area contributed by atoms with Gasteiger partial charge in [-0.05, 0) is 28.7 Å². The lowest BCUT2D eigenvalue weighted by Gasteiger charge is -1.94. The van der Waals surface area contributed by atoms with E-state index < -0.39 is 11.5 Å². The van der Waals surface area contributed by atoms with Gasteiger partial charge in [0.25, 0.3) is 5.56 Å². The molecule has 11 heavy (non-hydrogen) atoms. The standard InChI is InChI=1S/C6H4INO3/c7-3-1-2-8-5(9)4(3)6(10)11/h1-2H,(H,8,9)(H,10,11). The molecule has 0 amide bonds. The number of halogens is 1. The number of H-pyrrole nitrogens is 1. The van der Waals surface area contributed by atoms with Crippen LogP contribution >= 0.6 is 22.6 Å². The van der Waals surface area contributed by atoms with Gasteiger partial charge in [0.2, 0.25) is 0 Å². The number of nitrogens with one attached hydrogen (secondary N) is 1. The molecular weight excluding hydrogens is 261 g/mol. The van der Waals surface area contributed by atoms with Crippen molar-refractivity contribution in [1.29, 1.82) is 0 Å². The van der Waals surface area contributed by atoms with Gasteiger partial charge in [-0.15, -0.1) is 0 Å². The van der Waals surface area contributed by atoms with E-state index in [0.717, 1.165) is 0 Å². The van der Waals surface area contributed by atoms with Crippen LogP contribution in [0.3, 0.4) is 0 Å². The highest BCUT2D eigenvalue weighted by Gasteiger charge is 2.11. The molecule has 1 aromatic rings. The summed E-state index contributed by atoms with van der Waals surface area (Å²) in [7, 11) is 0. The van der Waals surface area contributed by atoms with E-state index in [4.69, 9.17) is 5.11 Å². The molecule has 0 aliphatic rings. The number of aromatic carboxylic acids is 1. The molecule has 1 aromatic heterocycles. The van der Waals surface area contributed by atoms with Crippen LogP contribution in [0.4, 0.5) is 0 Å². The van der Waals surface area contributed by atoms with Crippen molar-refractivity contribution in [2.75, 3.05) is 0 Å². The molecule has 0 aromatic carbocycles. The maximum atomic E-state index is 10.8. The van der Waals surface area contributed by atoms with Gasteiger partial charge in [0.1, 0.15) is 5.56 Å². The lowest BCUT2D eigenvalue weighted by Crippen LogP contribution is -2.18. The topological polar surface area (TPSA) is 70.2 Å². The van der Waals surface area contributed by atoms with Crippen LogP contribution in [0.1, 0.15) is 10.4 Å². The molecule has 1 rings (SSSR count). The van der Waals surface area contributed by atoms with E-state index in [9.17, 15) is 9.59 Å². The van der Waals surface area contributed by atoms with E-state index in [1.807, 2.05) is 0 Å². The molecule has 0 aliphatic heterocycles. The Bertz CT molecular complexity index is 344. The first-order valence-electron chi connectivity index (χ1n) is 2.73. The third-order valence-corrected chi connectivity index (χ3v) is 2.02. The van der Waals surface area contributed by atoms with E-state index in [1.165, 1.54) is 12.3 Å². The number of hydrogen-bond donors (Lipinski definition) is 2. The van der Waals surface area contributed by atoms with Crippen LogP contribution in [-0.4, -0.2) is 16.1 Å². The predicted octanol–water partition coefficient (Wildman–Crippen LogP) is 0.678. The van der Waals surface area contributed by atoms with Crippen LogP contribution in [0.2, 0.25) is 0 Å². The summed E-state index contributed by atoms with van der Waals surface area (Å²) in [5.41, 5.74) is -0.766. The SMILES string of the molecule is O=C(O)c1c(I)cc[nH]c1=O. The lowest BCUT2D eigenvalue weighted by atomic mass is 10.3. The zero-order valence-electron chi connectivity index (χ0n) is 5.30. The Morgan fingerprint density at radius 3 is 2.64 bits per heavy atom. The minimum Gasteiger partial charge on any atom is -0.477 e. The largest absolute Gasteiger partial charge is 0.477 e. The Hall–Kier alpha value is -0.850. The molecule has 58 valence electrons. The third kappa shape index (κ3) is 1.59. The van der Waals surface area contributed by atoms with Gasteiger partial charge in [0.05, 0.1) is 0 Å². The normalized spacial score (nSPS) is 9.55. The van der Waals surface area contributed by atoms with Crippen molar-refractivity contribution in [3.63, 3.8) is 0 Å². The Labute approximate surface area is 75.4 Å². The molecule has 5 heteroatoms. The summed E-state index contributed by atoms with van der Waals surface area (Å²) in [4.78, 5) is 23.5. The van der Waals surface area contributed by atoms with Crippen molar-refractivity contribution in [3.8, 4) is 0 Å². The lowest BCUT2D eigenvalue weighted by molar-refractivity contribution is 0.0694. The van der Waals surface area contributed by atoms with E-state index in [1.54, 1.807) is 22.6 Å². The maximum Gasteiger partial charge on any atom is 0.342 e. The molecule has 0 bridgehead atoms. The minimum absolute atomic E-state index is 0.201. The molecule has 4 nitrogen and oxygen atoms in total. The van der Waals surface area contributed by atoms with Crippen LogP contribution in [0, 0.1) is 3.57 Å². The second-order valence-electron chi connectivity index (χ2n) is 1.83. The number of aromatic nitrogens is 1. The Morgan fingerprint density at radius 2 is 2.27 bits per heavy atom. The first-order chi connectivity index (χ1) is 5.13. The molecule has 2 N–H and O–H groups in total. The van der Waals surface area contributed by atoms with Crippen LogP contribution in [0.15, 0.2) is 17.1 Å². The molecule has 0 radical (unpaired) electrons. The van der Waals surface area contributed by atoms with Crippen molar-refractivity contribution in [1.82, 2.24) is 4.98 Å². The van der Waals surface area contributed by atoms with E-state index >= 15 is 0 Å². The Kier molecular flexibility index (Phi) is 2.28. The summed E-state index contributed by atoms with van der Waals surface area (Å²) in [5.74, 6) is -1.20. The molecule has 0 unspecified atom stereocenters. The van der Waals surface area contributed by atoms with Crippen molar-refractivity contribution >= 4 is 28.6 Å². The summed E-state index contributed by atoms with van der Waals surface area (Å²) in [6.07, 6.45) is 1.41. The van der Waals surface area contributed by atoms with Gasteiger partial charge in [-0.1, -0.05) is 0 Å². The highest BCUT2D eigenvalue weighted by molar-refractivity contribution is 14.1. The maximum absolute atomic E-state index is 10.8. The number of aromatic amines is 1. The summed E-state index contributed by atoms with van der Waals surface area (Å²) < 4.78 is 0.443. The van der Waals surface area contributed by atoms with E-state index in [0.29, 0.717) is 3.57 Å². The zero-order chi connectivity index (χ0) is 8.43. The number of rotatable bonds is 1. The van der Waals surface area contributed by atoms with Gasteiger partial charge in [0.15, 0.2) is 0 Å². The van der Waals surface area contributed by atoms with Gasteiger partial charge in [0, 0.05) is 9.77 Å². The van der Waals surface area contributed by atoms with Gasteiger partial charge in [-0.3, -0.25) is 4.79 Å². The van der Waals surface area contributed by atoms with E-state index in [-0.39, 0.29) is 5.56 Å².